The number of benzene rings is 1. The number of halogens is 3. The molecule has 1 saturated carbocycles. The van der Waals surface area contributed by atoms with Gasteiger partial charge in [0.1, 0.15) is 11.5 Å². The monoisotopic (exact) mass is 387 g/mol. The van der Waals surface area contributed by atoms with E-state index in [4.69, 9.17) is 27.6 Å². The van der Waals surface area contributed by atoms with Crippen LogP contribution in [0.25, 0.3) is 11.3 Å². The van der Waals surface area contributed by atoms with Crippen LogP contribution < -0.4 is 5.32 Å². The minimum absolute atomic E-state index is 0. The zero-order chi connectivity index (χ0) is 16.1. The van der Waals surface area contributed by atoms with Gasteiger partial charge in [-0.15, -0.1) is 12.4 Å². The third-order valence-corrected chi connectivity index (χ3v) is 4.92. The lowest BCUT2D eigenvalue weighted by Gasteiger charge is -2.20. The minimum atomic E-state index is 0. The summed E-state index contributed by atoms with van der Waals surface area (Å²) >= 11 is 12.1. The summed E-state index contributed by atoms with van der Waals surface area (Å²) in [5, 5.41) is 4.89. The molecule has 1 N–H and O–H groups in total. The van der Waals surface area contributed by atoms with E-state index in [2.05, 4.69) is 5.32 Å². The lowest BCUT2D eigenvalue weighted by atomic mass is 9.97. The van der Waals surface area contributed by atoms with E-state index in [-0.39, 0.29) is 12.4 Å². The van der Waals surface area contributed by atoms with Crippen molar-refractivity contribution in [2.45, 2.75) is 57.5 Å². The normalized spacial score (nSPS) is 16.2. The van der Waals surface area contributed by atoms with Crippen molar-refractivity contribution in [1.82, 2.24) is 5.32 Å². The van der Waals surface area contributed by atoms with E-state index in [1.54, 1.807) is 6.07 Å². The van der Waals surface area contributed by atoms with E-state index in [1.165, 1.54) is 44.9 Å². The van der Waals surface area contributed by atoms with Crippen LogP contribution in [-0.2, 0) is 6.54 Å². The van der Waals surface area contributed by atoms with Gasteiger partial charge < -0.3 is 9.73 Å². The molecular formula is C19H24Cl3NO. The lowest BCUT2D eigenvalue weighted by Crippen LogP contribution is -2.29. The first-order valence-corrected chi connectivity index (χ1v) is 9.25. The maximum atomic E-state index is 6.06. The Hall–Kier alpha value is -0.670. The number of rotatable bonds is 4. The number of hydrogen-bond donors (Lipinski definition) is 1. The number of hydrogen-bond acceptors (Lipinski definition) is 2. The summed E-state index contributed by atoms with van der Waals surface area (Å²) in [5.41, 5.74) is 0.916. The molecule has 0 amide bonds. The van der Waals surface area contributed by atoms with E-state index in [9.17, 15) is 0 Å². The number of furan rings is 1. The highest BCUT2D eigenvalue weighted by molar-refractivity contribution is 6.35. The van der Waals surface area contributed by atoms with Crippen LogP contribution in [-0.4, -0.2) is 6.04 Å². The molecule has 1 aromatic carbocycles. The molecule has 0 spiro atoms. The van der Waals surface area contributed by atoms with Gasteiger partial charge in [0.25, 0.3) is 0 Å². The van der Waals surface area contributed by atoms with Crippen LogP contribution in [0.15, 0.2) is 34.7 Å². The van der Waals surface area contributed by atoms with Crippen molar-refractivity contribution in [2.75, 3.05) is 0 Å². The fourth-order valence-electron chi connectivity index (χ4n) is 3.23. The molecule has 1 aliphatic rings. The second-order valence-corrected chi connectivity index (χ2v) is 7.22. The van der Waals surface area contributed by atoms with Crippen LogP contribution in [0.5, 0.6) is 0 Å². The highest BCUT2D eigenvalue weighted by Gasteiger charge is 2.12. The van der Waals surface area contributed by atoms with Gasteiger partial charge in [-0.1, -0.05) is 55.3 Å². The maximum Gasteiger partial charge on any atom is 0.134 e. The van der Waals surface area contributed by atoms with Crippen molar-refractivity contribution in [2.24, 2.45) is 0 Å². The van der Waals surface area contributed by atoms with E-state index in [0.717, 1.165) is 23.6 Å². The molecule has 24 heavy (non-hydrogen) atoms. The molecule has 1 fully saturated rings. The highest BCUT2D eigenvalue weighted by Crippen LogP contribution is 2.28. The Kier molecular flexibility index (Phi) is 7.96. The van der Waals surface area contributed by atoms with Crippen molar-refractivity contribution in [3.8, 4) is 11.3 Å². The van der Waals surface area contributed by atoms with Crippen LogP contribution in [0.1, 0.15) is 50.7 Å². The topological polar surface area (TPSA) is 25.2 Å². The van der Waals surface area contributed by atoms with Crippen LogP contribution >= 0.6 is 35.6 Å². The molecule has 0 unspecified atom stereocenters. The molecule has 2 aromatic rings. The molecule has 132 valence electrons. The first kappa shape index (κ1) is 19.7. The first-order chi connectivity index (χ1) is 11.2. The molecular weight excluding hydrogens is 365 g/mol. The van der Waals surface area contributed by atoms with Gasteiger partial charge in [0.15, 0.2) is 0 Å². The average Bonchev–Trinajstić information content (AvgIpc) is 2.94. The fraction of sp³-hybridized carbons (Fsp3) is 0.474. The van der Waals surface area contributed by atoms with Gasteiger partial charge in [-0.2, -0.15) is 0 Å². The minimum Gasteiger partial charge on any atom is -0.460 e. The van der Waals surface area contributed by atoms with Crippen LogP contribution in [0.2, 0.25) is 10.0 Å². The van der Waals surface area contributed by atoms with Gasteiger partial charge in [-0.05, 0) is 43.2 Å². The summed E-state index contributed by atoms with van der Waals surface area (Å²) in [6.45, 7) is 0.777. The third kappa shape index (κ3) is 5.70. The van der Waals surface area contributed by atoms with Gasteiger partial charge in [-0.25, -0.2) is 0 Å². The Labute approximate surface area is 160 Å². The van der Waals surface area contributed by atoms with Gasteiger partial charge >= 0.3 is 0 Å². The second-order valence-electron chi connectivity index (χ2n) is 6.35. The quantitative estimate of drug-likeness (QED) is 0.617. The molecule has 1 heterocycles. The smallest absolute Gasteiger partial charge is 0.134 e. The van der Waals surface area contributed by atoms with Gasteiger partial charge in [0, 0.05) is 21.7 Å². The molecule has 0 radical (unpaired) electrons. The molecule has 0 bridgehead atoms. The second kappa shape index (κ2) is 9.72. The predicted octanol–water partition coefficient (Wildman–Crippen LogP) is 6.88. The van der Waals surface area contributed by atoms with Gasteiger partial charge in [0.2, 0.25) is 0 Å². The summed E-state index contributed by atoms with van der Waals surface area (Å²) in [7, 11) is 0. The van der Waals surface area contributed by atoms with E-state index >= 15 is 0 Å². The Morgan fingerprint density at radius 3 is 2.21 bits per heavy atom. The Balaban J connectivity index is 0.00000208. The summed E-state index contributed by atoms with van der Waals surface area (Å²) < 4.78 is 5.95. The molecule has 0 aliphatic heterocycles. The lowest BCUT2D eigenvalue weighted by molar-refractivity contribution is 0.373. The molecule has 1 aliphatic carbocycles. The zero-order valence-electron chi connectivity index (χ0n) is 13.7. The molecule has 5 heteroatoms. The Morgan fingerprint density at radius 2 is 1.54 bits per heavy atom. The van der Waals surface area contributed by atoms with Crippen LogP contribution in [0.3, 0.4) is 0 Å². The van der Waals surface area contributed by atoms with E-state index in [1.807, 2.05) is 24.3 Å². The summed E-state index contributed by atoms with van der Waals surface area (Å²) in [6.07, 6.45) is 9.37. The first-order valence-electron chi connectivity index (χ1n) is 8.49. The van der Waals surface area contributed by atoms with Crippen molar-refractivity contribution in [3.05, 3.63) is 46.1 Å². The highest BCUT2D eigenvalue weighted by atomic mass is 35.5. The van der Waals surface area contributed by atoms with Crippen molar-refractivity contribution >= 4 is 35.6 Å². The summed E-state index contributed by atoms with van der Waals surface area (Å²) in [6, 6.07) is 10.1. The molecule has 0 saturated heterocycles. The van der Waals surface area contributed by atoms with E-state index < -0.39 is 0 Å². The van der Waals surface area contributed by atoms with Crippen molar-refractivity contribution < 1.29 is 4.42 Å². The molecule has 3 rings (SSSR count). The van der Waals surface area contributed by atoms with Crippen LogP contribution in [0, 0.1) is 0 Å². The summed E-state index contributed by atoms with van der Waals surface area (Å²) in [5.74, 6) is 1.77. The molecule has 1 aromatic heterocycles. The van der Waals surface area contributed by atoms with Gasteiger partial charge in [0.05, 0.1) is 6.54 Å². The fourth-order valence-corrected chi connectivity index (χ4v) is 3.76. The largest absolute Gasteiger partial charge is 0.460 e. The summed E-state index contributed by atoms with van der Waals surface area (Å²) in [4.78, 5) is 0. The van der Waals surface area contributed by atoms with E-state index in [0.29, 0.717) is 16.1 Å². The maximum absolute atomic E-state index is 6.06. The van der Waals surface area contributed by atoms with Crippen molar-refractivity contribution in [3.63, 3.8) is 0 Å². The predicted molar refractivity (Wildman–Crippen MR) is 104 cm³/mol. The Morgan fingerprint density at radius 1 is 0.917 bits per heavy atom. The molecule has 2 nitrogen and oxygen atoms in total. The third-order valence-electron chi connectivity index (χ3n) is 4.48. The Bertz CT molecular complexity index is 613. The van der Waals surface area contributed by atoms with Crippen molar-refractivity contribution in [1.29, 1.82) is 0 Å². The zero-order valence-corrected chi connectivity index (χ0v) is 16.0. The SMILES string of the molecule is Cl.Clc1cc(Cl)cc(-c2ccc(CNC3CCCCCCC3)o2)c1. The average molecular weight is 389 g/mol. The molecule has 0 atom stereocenters. The standard InChI is InChI=1S/C19H23Cl2NO.ClH/c20-15-10-14(11-16(21)12-15)19-9-8-18(23-19)13-22-17-6-4-2-1-3-5-7-17;/h8-12,17,22H,1-7,13H2;1H. The van der Waals surface area contributed by atoms with Gasteiger partial charge in [-0.3, -0.25) is 0 Å². The van der Waals surface area contributed by atoms with Crippen LogP contribution in [0.4, 0.5) is 0 Å². The number of nitrogens with one attached hydrogen (secondary N) is 1.